The summed E-state index contributed by atoms with van der Waals surface area (Å²) in [6, 6.07) is 10.8. The standard InChI is InChI=1S/C17H20N2O3S3/c1-23-15-7-3-2-6-14(15)17(20)18-12-13-8-9-16(24-13)25(21,22)19-10-4-5-11-19/h2-3,6-9H,4-5,10-12H2,1H3,(H,18,20). The topological polar surface area (TPSA) is 66.5 Å². The molecule has 2 aromatic rings. The molecular weight excluding hydrogens is 376 g/mol. The van der Waals surface area contributed by atoms with Crippen molar-refractivity contribution in [2.45, 2.75) is 28.5 Å². The van der Waals surface area contributed by atoms with Gasteiger partial charge in [-0.15, -0.1) is 23.1 Å². The highest BCUT2D eigenvalue weighted by Gasteiger charge is 2.28. The van der Waals surface area contributed by atoms with Crippen LogP contribution in [0.4, 0.5) is 0 Å². The van der Waals surface area contributed by atoms with Gasteiger partial charge in [0.05, 0.1) is 12.1 Å². The molecule has 1 aliphatic rings. The highest BCUT2D eigenvalue weighted by Crippen LogP contribution is 2.27. The fourth-order valence-electron chi connectivity index (χ4n) is 2.74. The molecule has 1 N–H and O–H groups in total. The highest BCUT2D eigenvalue weighted by atomic mass is 32.2. The minimum Gasteiger partial charge on any atom is -0.347 e. The zero-order valence-electron chi connectivity index (χ0n) is 13.9. The van der Waals surface area contributed by atoms with Crippen LogP contribution in [0.25, 0.3) is 0 Å². The van der Waals surface area contributed by atoms with Gasteiger partial charge in [0.25, 0.3) is 15.9 Å². The third-order valence-corrected chi connectivity index (χ3v) is 8.32. The number of thioether (sulfide) groups is 1. The van der Waals surface area contributed by atoms with E-state index in [1.54, 1.807) is 18.2 Å². The van der Waals surface area contributed by atoms with Gasteiger partial charge in [0, 0.05) is 22.9 Å². The van der Waals surface area contributed by atoms with Gasteiger partial charge in [0.1, 0.15) is 4.21 Å². The lowest BCUT2D eigenvalue weighted by molar-refractivity contribution is 0.0948. The SMILES string of the molecule is CSc1ccccc1C(=O)NCc1ccc(S(=O)(=O)N2CCCC2)s1. The molecule has 2 heterocycles. The largest absolute Gasteiger partial charge is 0.347 e. The lowest BCUT2D eigenvalue weighted by Gasteiger charge is -2.13. The average Bonchev–Trinajstić information content (AvgIpc) is 3.31. The van der Waals surface area contributed by atoms with Gasteiger partial charge in [-0.1, -0.05) is 12.1 Å². The van der Waals surface area contributed by atoms with Crippen molar-refractivity contribution < 1.29 is 13.2 Å². The number of hydrogen-bond acceptors (Lipinski definition) is 5. The number of carbonyl (C=O) groups excluding carboxylic acids is 1. The molecule has 1 saturated heterocycles. The number of carbonyl (C=O) groups is 1. The molecule has 8 heteroatoms. The van der Waals surface area contributed by atoms with Crippen LogP contribution in [0.2, 0.25) is 0 Å². The van der Waals surface area contributed by atoms with Crippen LogP contribution >= 0.6 is 23.1 Å². The summed E-state index contributed by atoms with van der Waals surface area (Å²) in [4.78, 5) is 14.1. The molecule has 1 aliphatic heterocycles. The maximum Gasteiger partial charge on any atom is 0.252 e. The molecule has 3 rings (SSSR count). The van der Waals surface area contributed by atoms with E-state index < -0.39 is 10.0 Å². The Balaban J connectivity index is 1.67. The Labute approximate surface area is 156 Å². The van der Waals surface area contributed by atoms with Gasteiger partial charge >= 0.3 is 0 Å². The van der Waals surface area contributed by atoms with Crippen LogP contribution in [0, 0.1) is 0 Å². The molecule has 25 heavy (non-hydrogen) atoms. The molecule has 0 bridgehead atoms. The number of sulfonamides is 1. The van der Waals surface area contributed by atoms with Gasteiger partial charge < -0.3 is 5.32 Å². The third-order valence-electron chi connectivity index (χ3n) is 4.07. The van der Waals surface area contributed by atoms with Crippen LogP contribution in [0.5, 0.6) is 0 Å². The van der Waals surface area contributed by atoms with Crippen molar-refractivity contribution in [1.29, 1.82) is 0 Å². The summed E-state index contributed by atoms with van der Waals surface area (Å²) < 4.78 is 27.0. The van der Waals surface area contributed by atoms with E-state index in [2.05, 4.69) is 5.32 Å². The van der Waals surface area contributed by atoms with Crippen LogP contribution in [0.3, 0.4) is 0 Å². The van der Waals surface area contributed by atoms with E-state index in [4.69, 9.17) is 0 Å². The number of thiophene rings is 1. The van der Waals surface area contributed by atoms with E-state index in [1.165, 1.54) is 27.4 Å². The Morgan fingerprint density at radius 1 is 1.20 bits per heavy atom. The Morgan fingerprint density at radius 2 is 1.92 bits per heavy atom. The summed E-state index contributed by atoms with van der Waals surface area (Å²) >= 11 is 2.75. The molecule has 134 valence electrons. The first-order chi connectivity index (χ1) is 12.0. The molecule has 0 saturated carbocycles. The van der Waals surface area contributed by atoms with E-state index >= 15 is 0 Å². The van der Waals surface area contributed by atoms with Crippen LogP contribution in [0.15, 0.2) is 45.5 Å². The maximum absolute atomic E-state index is 12.5. The van der Waals surface area contributed by atoms with Gasteiger partial charge in [-0.2, -0.15) is 4.31 Å². The second kappa shape index (κ2) is 7.90. The fraction of sp³-hybridized carbons (Fsp3) is 0.353. The van der Waals surface area contributed by atoms with Gasteiger partial charge in [0.2, 0.25) is 0 Å². The van der Waals surface area contributed by atoms with E-state index in [0.29, 0.717) is 29.4 Å². The van der Waals surface area contributed by atoms with E-state index in [1.807, 2.05) is 24.5 Å². The lowest BCUT2D eigenvalue weighted by Crippen LogP contribution is -2.27. The molecule has 0 spiro atoms. The molecular formula is C17H20N2O3S3. The Kier molecular flexibility index (Phi) is 5.83. The Bertz CT molecular complexity index is 856. The van der Waals surface area contributed by atoms with Gasteiger partial charge in [-0.25, -0.2) is 8.42 Å². The molecule has 0 unspecified atom stereocenters. The summed E-state index contributed by atoms with van der Waals surface area (Å²) in [6.07, 6.45) is 3.77. The second-order valence-corrected chi connectivity index (χ2v) is 9.90. The zero-order chi connectivity index (χ0) is 17.9. The summed E-state index contributed by atoms with van der Waals surface area (Å²) in [5.74, 6) is -0.151. The van der Waals surface area contributed by atoms with Crippen LogP contribution in [-0.4, -0.2) is 38.0 Å². The van der Waals surface area contributed by atoms with Crippen molar-refractivity contribution >= 4 is 39.0 Å². The van der Waals surface area contributed by atoms with Crippen LogP contribution < -0.4 is 5.32 Å². The van der Waals surface area contributed by atoms with Gasteiger partial charge in [0.15, 0.2) is 0 Å². The van der Waals surface area contributed by atoms with E-state index in [-0.39, 0.29) is 5.91 Å². The van der Waals surface area contributed by atoms with Crippen molar-refractivity contribution in [1.82, 2.24) is 9.62 Å². The molecule has 0 aliphatic carbocycles. The number of rotatable bonds is 6. The molecule has 1 aromatic carbocycles. The van der Waals surface area contributed by atoms with Crippen LogP contribution in [0.1, 0.15) is 28.1 Å². The predicted molar refractivity (Wildman–Crippen MR) is 102 cm³/mol. The normalized spacial score (nSPS) is 15.4. The molecule has 1 fully saturated rings. The first-order valence-corrected chi connectivity index (χ1v) is 11.5. The van der Waals surface area contributed by atoms with Crippen LogP contribution in [-0.2, 0) is 16.6 Å². The second-order valence-electron chi connectivity index (χ2n) is 5.71. The summed E-state index contributed by atoms with van der Waals surface area (Å²) in [5, 5.41) is 2.87. The molecule has 0 radical (unpaired) electrons. The highest BCUT2D eigenvalue weighted by molar-refractivity contribution is 7.98. The lowest BCUT2D eigenvalue weighted by atomic mass is 10.2. The predicted octanol–water partition coefficient (Wildman–Crippen LogP) is 3.18. The average molecular weight is 397 g/mol. The summed E-state index contributed by atoms with van der Waals surface area (Å²) in [6.45, 7) is 1.51. The zero-order valence-corrected chi connectivity index (χ0v) is 16.3. The van der Waals surface area contributed by atoms with Crippen molar-refractivity contribution in [2.24, 2.45) is 0 Å². The number of benzene rings is 1. The number of amides is 1. The van der Waals surface area contributed by atoms with Crippen molar-refractivity contribution in [3.8, 4) is 0 Å². The number of hydrogen-bond donors (Lipinski definition) is 1. The molecule has 0 atom stereocenters. The third kappa shape index (κ3) is 4.08. The summed E-state index contributed by atoms with van der Waals surface area (Å²) in [7, 11) is -3.38. The molecule has 5 nitrogen and oxygen atoms in total. The maximum atomic E-state index is 12.5. The van der Waals surface area contributed by atoms with Crippen molar-refractivity contribution in [3.05, 3.63) is 46.8 Å². The van der Waals surface area contributed by atoms with Gasteiger partial charge in [-0.05, 0) is 43.4 Å². The molecule has 1 amide bonds. The fourth-order valence-corrected chi connectivity index (χ4v) is 6.30. The van der Waals surface area contributed by atoms with Crippen molar-refractivity contribution in [2.75, 3.05) is 19.3 Å². The Morgan fingerprint density at radius 3 is 2.64 bits per heavy atom. The monoisotopic (exact) mass is 396 g/mol. The minimum atomic E-state index is -3.38. The van der Waals surface area contributed by atoms with E-state index in [0.717, 1.165) is 22.6 Å². The quantitative estimate of drug-likeness (QED) is 0.762. The summed E-state index contributed by atoms with van der Waals surface area (Å²) in [5.41, 5.74) is 0.636. The molecule has 1 aromatic heterocycles. The number of nitrogens with one attached hydrogen (secondary N) is 1. The smallest absolute Gasteiger partial charge is 0.252 e. The first-order valence-electron chi connectivity index (χ1n) is 8.02. The minimum absolute atomic E-state index is 0.151. The van der Waals surface area contributed by atoms with Gasteiger partial charge in [-0.3, -0.25) is 4.79 Å². The Hall–Kier alpha value is -1.35. The van der Waals surface area contributed by atoms with Crippen molar-refractivity contribution in [3.63, 3.8) is 0 Å². The van der Waals surface area contributed by atoms with E-state index in [9.17, 15) is 13.2 Å². The first kappa shape index (κ1) is 18.4. The number of nitrogens with zero attached hydrogens (tertiary/aromatic N) is 1.